The van der Waals surface area contributed by atoms with Gasteiger partial charge in [0.2, 0.25) is 5.91 Å². The number of nitrogens with one attached hydrogen (secondary N) is 3. The van der Waals surface area contributed by atoms with E-state index in [9.17, 15) is 9.59 Å². The molecule has 3 rings (SSSR count). The fraction of sp³-hybridized carbons (Fsp3) is 0.333. The van der Waals surface area contributed by atoms with Gasteiger partial charge in [0.1, 0.15) is 6.04 Å². The number of morpholine rings is 1. The first-order chi connectivity index (χ1) is 13.0. The minimum atomic E-state index is -0.359. The summed E-state index contributed by atoms with van der Waals surface area (Å²) in [6, 6.07) is 16.0. The molecular weight excluding hydrogens is 342 g/mol. The van der Waals surface area contributed by atoms with Crippen LogP contribution >= 0.6 is 0 Å². The molecule has 2 aromatic rings. The Hall–Kier alpha value is -2.70. The molecule has 1 aliphatic rings. The van der Waals surface area contributed by atoms with Crippen LogP contribution in [0.25, 0.3) is 0 Å². The maximum atomic E-state index is 12.5. The number of benzene rings is 2. The lowest BCUT2D eigenvalue weighted by Gasteiger charge is -2.30. The second kappa shape index (κ2) is 8.79. The molecule has 0 aliphatic carbocycles. The van der Waals surface area contributed by atoms with E-state index in [0.29, 0.717) is 24.4 Å². The van der Waals surface area contributed by atoms with Crippen LogP contribution in [0.3, 0.4) is 0 Å². The molecule has 1 aliphatic heterocycles. The van der Waals surface area contributed by atoms with Crippen LogP contribution in [0.2, 0.25) is 0 Å². The van der Waals surface area contributed by atoms with Crippen LogP contribution in [0.4, 0.5) is 5.69 Å². The van der Waals surface area contributed by atoms with Gasteiger partial charge in [-0.3, -0.25) is 9.59 Å². The molecule has 1 heterocycles. The van der Waals surface area contributed by atoms with Gasteiger partial charge in [0.25, 0.3) is 5.91 Å². The van der Waals surface area contributed by atoms with Crippen molar-refractivity contribution >= 4 is 17.5 Å². The van der Waals surface area contributed by atoms with E-state index in [0.717, 1.165) is 5.56 Å². The zero-order valence-electron chi connectivity index (χ0n) is 15.6. The topological polar surface area (TPSA) is 79.5 Å². The largest absolute Gasteiger partial charge is 0.375 e. The molecule has 0 radical (unpaired) electrons. The van der Waals surface area contributed by atoms with Gasteiger partial charge in [0.05, 0.1) is 18.8 Å². The van der Waals surface area contributed by atoms with Gasteiger partial charge in [-0.05, 0) is 43.7 Å². The van der Waals surface area contributed by atoms with Crippen LogP contribution in [-0.4, -0.2) is 37.1 Å². The lowest BCUT2D eigenvalue weighted by Crippen LogP contribution is -2.55. The van der Waals surface area contributed by atoms with Crippen molar-refractivity contribution in [2.24, 2.45) is 0 Å². The van der Waals surface area contributed by atoms with Crippen molar-refractivity contribution in [1.29, 1.82) is 0 Å². The fourth-order valence-corrected chi connectivity index (χ4v) is 3.09. The molecule has 1 fully saturated rings. The molecule has 2 amide bonds. The van der Waals surface area contributed by atoms with E-state index in [1.165, 1.54) is 0 Å². The number of carbonyl (C=O) groups excluding carboxylic acids is 2. The number of hydrogen-bond donors (Lipinski definition) is 3. The van der Waals surface area contributed by atoms with Gasteiger partial charge in [-0.15, -0.1) is 0 Å². The number of carbonyl (C=O) groups is 2. The zero-order chi connectivity index (χ0) is 19.2. The number of rotatable bonds is 5. The van der Waals surface area contributed by atoms with Crippen molar-refractivity contribution in [1.82, 2.24) is 10.6 Å². The summed E-state index contributed by atoms with van der Waals surface area (Å²) in [6.45, 7) is 5.09. The highest BCUT2D eigenvalue weighted by molar-refractivity contribution is 6.04. The van der Waals surface area contributed by atoms with Gasteiger partial charge in [-0.25, -0.2) is 0 Å². The van der Waals surface area contributed by atoms with Crippen molar-refractivity contribution in [2.45, 2.75) is 32.0 Å². The van der Waals surface area contributed by atoms with E-state index in [-0.39, 0.29) is 30.0 Å². The Labute approximate surface area is 159 Å². The molecule has 0 aromatic heterocycles. The normalized spacial score (nSPS) is 20.5. The fourth-order valence-electron chi connectivity index (χ4n) is 3.09. The van der Waals surface area contributed by atoms with Crippen molar-refractivity contribution in [3.8, 4) is 0 Å². The van der Waals surface area contributed by atoms with E-state index >= 15 is 0 Å². The Morgan fingerprint density at radius 3 is 2.67 bits per heavy atom. The molecule has 142 valence electrons. The van der Waals surface area contributed by atoms with Gasteiger partial charge in [0.15, 0.2) is 0 Å². The quantitative estimate of drug-likeness (QED) is 0.759. The Morgan fingerprint density at radius 2 is 1.93 bits per heavy atom. The third-order valence-electron chi connectivity index (χ3n) is 4.64. The lowest BCUT2D eigenvalue weighted by molar-refractivity contribution is -0.129. The maximum absolute atomic E-state index is 12.5. The summed E-state index contributed by atoms with van der Waals surface area (Å²) in [5.74, 6) is -0.254. The molecule has 6 nitrogen and oxygen atoms in total. The van der Waals surface area contributed by atoms with Crippen molar-refractivity contribution in [3.05, 3.63) is 65.7 Å². The predicted octanol–water partition coefficient (Wildman–Crippen LogP) is 2.49. The molecule has 6 heteroatoms. The second-order valence-electron chi connectivity index (χ2n) is 6.68. The first-order valence-corrected chi connectivity index (χ1v) is 9.16. The molecule has 0 saturated carbocycles. The highest BCUT2D eigenvalue weighted by atomic mass is 16.5. The standard InChI is InChI=1S/C21H25N3O3/c1-14(23-21(26)19-15(2)27-12-11-22-19)17-9-6-10-18(13-17)24-20(25)16-7-4-3-5-8-16/h3-10,13-15,19,22H,11-12H2,1-2H3,(H,23,26)(H,24,25)/t14?,15-,19+/m1/s1. The van der Waals surface area contributed by atoms with Crippen molar-refractivity contribution in [2.75, 3.05) is 18.5 Å². The molecule has 0 bridgehead atoms. The van der Waals surface area contributed by atoms with Crippen LogP contribution in [0, 0.1) is 0 Å². The van der Waals surface area contributed by atoms with Gasteiger partial charge in [-0.2, -0.15) is 0 Å². The lowest BCUT2D eigenvalue weighted by atomic mass is 10.1. The summed E-state index contributed by atoms with van der Waals surface area (Å²) < 4.78 is 5.53. The van der Waals surface area contributed by atoms with Crippen LogP contribution in [0.15, 0.2) is 54.6 Å². The van der Waals surface area contributed by atoms with Crippen molar-refractivity contribution < 1.29 is 14.3 Å². The molecule has 27 heavy (non-hydrogen) atoms. The monoisotopic (exact) mass is 367 g/mol. The summed E-state index contributed by atoms with van der Waals surface area (Å²) in [5, 5.41) is 9.09. The Balaban J connectivity index is 1.64. The highest BCUT2D eigenvalue weighted by Crippen LogP contribution is 2.19. The van der Waals surface area contributed by atoms with Crippen LogP contribution in [0.5, 0.6) is 0 Å². The Kier molecular flexibility index (Phi) is 6.21. The first kappa shape index (κ1) is 19.1. The van der Waals surface area contributed by atoms with Crippen LogP contribution < -0.4 is 16.0 Å². The molecule has 1 unspecified atom stereocenters. The summed E-state index contributed by atoms with van der Waals surface area (Å²) >= 11 is 0. The number of hydrogen-bond acceptors (Lipinski definition) is 4. The summed E-state index contributed by atoms with van der Waals surface area (Å²) in [6.07, 6.45) is -0.164. The maximum Gasteiger partial charge on any atom is 0.255 e. The third kappa shape index (κ3) is 4.93. The third-order valence-corrected chi connectivity index (χ3v) is 4.64. The number of amides is 2. The zero-order valence-corrected chi connectivity index (χ0v) is 15.6. The Morgan fingerprint density at radius 1 is 1.15 bits per heavy atom. The number of anilines is 1. The van der Waals surface area contributed by atoms with E-state index in [4.69, 9.17) is 4.74 Å². The van der Waals surface area contributed by atoms with Gasteiger partial charge in [-0.1, -0.05) is 30.3 Å². The van der Waals surface area contributed by atoms with Gasteiger partial charge >= 0.3 is 0 Å². The second-order valence-corrected chi connectivity index (χ2v) is 6.68. The Bertz CT molecular complexity index is 794. The smallest absolute Gasteiger partial charge is 0.255 e. The average Bonchev–Trinajstić information content (AvgIpc) is 2.69. The van der Waals surface area contributed by atoms with Crippen LogP contribution in [-0.2, 0) is 9.53 Å². The minimum Gasteiger partial charge on any atom is -0.375 e. The SMILES string of the molecule is CC(NC(=O)[C@H]1NCCO[C@@H]1C)c1cccc(NC(=O)c2ccccc2)c1. The van der Waals surface area contributed by atoms with E-state index < -0.39 is 0 Å². The number of ether oxygens (including phenoxy) is 1. The van der Waals surface area contributed by atoms with Gasteiger partial charge in [0, 0.05) is 17.8 Å². The molecule has 1 saturated heterocycles. The summed E-state index contributed by atoms with van der Waals surface area (Å²) in [7, 11) is 0. The van der Waals surface area contributed by atoms with E-state index in [1.54, 1.807) is 12.1 Å². The summed E-state index contributed by atoms with van der Waals surface area (Å²) in [5.41, 5.74) is 2.20. The summed E-state index contributed by atoms with van der Waals surface area (Å²) in [4.78, 5) is 24.8. The van der Waals surface area contributed by atoms with Gasteiger partial charge < -0.3 is 20.7 Å². The van der Waals surface area contributed by atoms with E-state index in [2.05, 4.69) is 16.0 Å². The molecule has 3 atom stereocenters. The molecule has 2 aromatic carbocycles. The van der Waals surface area contributed by atoms with Crippen LogP contribution in [0.1, 0.15) is 35.8 Å². The highest BCUT2D eigenvalue weighted by Gasteiger charge is 2.29. The molecule has 0 spiro atoms. The minimum absolute atomic E-state index is 0.0894. The average molecular weight is 367 g/mol. The predicted molar refractivity (Wildman–Crippen MR) is 105 cm³/mol. The van der Waals surface area contributed by atoms with E-state index in [1.807, 2.05) is 56.3 Å². The van der Waals surface area contributed by atoms with Crippen molar-refractivity contribution in [3.63, 3.8) is 0 Å². The first-order valence-electron chi connectivity index (χ1n) is 9.16. The molecular formula is C21H25N3O3. The molecule has 3 N–H and O–H groups in total.